The van der Waals surface area contributed by atoms with Crippen molar-refractivity contribution in [1.82, 2.24) is 0 Å². The van der Waals surface area contributed by atoms with Gasteiger partial charge in [0.05, 0.1) is 26.2 Å². The van der Waals surface area contributed by atoms with Crippen molar-refractivity contribution < 1.29 is 34.2 Å². The Kier molecular flexibility index (Phi) is 28.8. The first kappa shape index (κ1) is 41.1. The fourth-order valence-corrected chi connectivity index (χ4v) is 6.19. The van der Waals surface area contributed by atoms with Gasteiger partial charge in [-0.25, -0.2) is 0 Å². The maximum Gasteiger partial charge on any atom is 0.303 e. The van der Waals surface area contributed by atoms with Crippen molar-refractivity contribution >= 4 is 17.9 Å². The first-order chi connectivity index (χ1) is 20.8. The second-order valence-electron chi connectivity index (χ2n) is 12.8. The summed E-state index contributed by atoms with van der Waals surface area (Å²) in [6, 6.07) is 0. The zero-order valence-corrected chi connectivity index (χ0v) is 27.8. The summed E-state index contributed by atoms with van der Waals surface area (Å²) in [5.41, 5.74) is 0. The molecule has 0 bridgehead atoms. The lowest BCUT2D eigenvalue weighted by molar-refractivity contribution is -0.929. The molecule has 0 fully saturated rings. The van der Waals surface area contributed by atoms with Crippen molar-refractivity contribution in [2.75, 3.05) is 26.2 Å². The molecule has 0 aliphatic heterocycles. The van der Waals surface area contributed by atoms with E-state index in [0.29, 0.717) is 19.3 Å². The highest BCUT2D eigenvalue weighted by atomic mass is 16.4. The number of carboxylic acid groups (broad SMARTS) is 3. The van der Waals surface area contributed by atoms with Crippen LogP contribution in [0.4, 0.5) is 0 Å². The SMILES string of the molecule is C/C=C/CCCCCCCCCCCCCCCCCC[N+](CCCCC(=O)[O-])(CCCCC(=O)O)CCCCC(=O)O. The number of nitrogens with zero attached hydrogens (tertiary/aromatic N) is 1. The van der Waals surface area contributed by atoms with Gasteiger partial charge < -0.3 is 24.6 Å². The second kappa shape index (κ2) is 30.1. The molecule has 7 nitrogen and oxygen atoms in total. The summed E-state index contributed by atoms with van der Waals surface area (Å²) in [7, 11) is 0. The van der Waals surface area contributed by atoms with Gasteiger partial charge in [-0.1, -0.05) is 95.6 Å². The van der Waals surface area contributed by atoms with Crippen molar-refractivity contribution in [3.05, 3.63) is 12.2 Å². The Labute approximate surface area is 264 Å². The van der Waals surface area contributed by atoms with Gasteiger partial charge in [0.15, 0.2) is 0 Å². The highest BCUT2D eigenvalue weighted by Gasteiger charge is 2.26. The average Bonchev–Trinajstić information content (AvgIpc) is 2.96. The number of allylic oxidation sites excluding steroid dienone is 2. The predicted octanol–water partition coefficient (Wildman–Crippen LogP) is 8.44. The molecule has 0 atom stereocenters. The minimum Gasteiger partial charge on any atom is -0.550 e. The molecule has 0 saturated heterocycles. The van der Waals surface area contributed by atoms with Crippen LogP contribution in [0.2, 0.25) is 0 Å². The number of unbranched alkanes of at least 4 members (excludes halogenated alkanes) is 19. The van der Waals surface area contributed by atoms with Crippen LogP contribution in [0.3, 0.4) is 0 Å². The molecule has 0 rings (SSSR count). The van der Waals surface area contributed by atoms with E-state index in [9.17, 15) is 19.5 Å². The molecule has 0 radical (unpaired) electrons. The van der Waals surface area contributed by atoms with Crippen LogP contribution in [-0.4, -0.2) is 58.8 Å². The molecule has 2 N–H and O–H groups in total. The molecule has 0 heterocycles. The van der Waals surface area contributed by atoms with Gasteiger partial charge in [-0.3, -0.25) is 9.59 Å². The number of hydrogen-bond acceptors (Lipinski definition) is 4. The predicted molar refractivity (Wildman–Crippen MR) is 175 cm³/mol. The Morgan fingerprint density at radius 2 is 0.791 bits per heavy atom. The number of carboxylic acids is 3. The summed E-state index contributed by atoms with van der Waals surface area (Å²) in [6.07, 6.45) is 31.6. The third-order valence-corrected chi connectivity index (χ3v) is 8.80. The van der Waals surface area contributed by atoms with E-state index in [1.807, 2.05) is 0 Å². The van der Waals surface area contributed by atoms with Crippen LogP contribution in [0.25, 0.3) is 0 Å². The van der Waals surface area contributed by atoms with Crippen molar-refractivity contribution in [3.8, 4) is 0 Å². The Hall–Kier alpha value is -1.89. The monoisotopic (exact) mass is 609 g/mol. The van der Waals surface area contributed by atoms with Crippen LogP contribution in [0.15, 0.2) is 12.2 Å². The molecule has 0 aliphatic rings. The fourth-order valence-electron chi connectivity index (χ4n) is 6.19. The Bertz CT molecular complexity index is 653. The third kappa shape index (κ3) is 29.9. The molecule has 0 unspecified atom stereocenters. The van der Waals surface area contributed by atoms with E-state index in [-0.39, 0.29) is 19.3 Å². The van der Waals surface area contributed by atoms with E-state index in [4.69, 9.17) is 10.2 Å². The van der Waals surface area contributed by atoms with Gasteiger partial charge in [0.1, 0.15) is 0 Å². The minimum atomic E-state index is -1.02. The Balaban J connectivity index is 4.25. The van der Waals surface area contributed by atoms with E-state index >= 15 is 0 Å². The Morgan fingerprint density at radius 1 is 0.488 bits per heavy atom. The highest BCUT2D eigenvalue weighted by Crippen LogP contribution is 2.20. The van der Waals surface area contributed by atoms with Crippen LogP contribution < -0.4 is 5.11 Å². The summed E-state index contributed by atoms with van der Waals surface area (Å²) < 4.78 is 0.850. The van der Waals surface area contributed by atoms with Gasteiger partial charge in [0.2, 0.25) is 0 Å². The topological polar surface area (TPSA) is 115 Å². The van der Waals surface area contributed by atoms with Crippen LogP contribution in [0, 0.1) is 0 Å². The number of carbonyl (C=O) groups excluding carboxylic acids is 1. The summed E-state index contributed by atoms with van der Waals surface area (Å²) in [5.74, 6) is -2.56. The van der Waals surface area contributed by atoms with Gasteiger partial charge in [0, 0.05) is 18.8 Å². The summed E-state index contributed by atoms with van der Waals surface area (Å²) in [4.78, 5) is 32.9. The summed E-state index contributed by atoms with van der Waals surface area (Å²) in [5, 5.41) is 29.0. The van der Waals surface area contributed by atoms with Crippen molar-refractivity contribution in [2.45, 2.75) is 174 Å². The maximum absolute atomic E-state index is 11.0. The molecule has 0 saturated carbocycles. The number of quaternary nitrogens is 1. The molecule has 0 aromatic heterocycles. The zero-order chi connectivity index (χ0) is 31.9. The molecule has 0 aliphatic carbocycles. The maximum atomic E-state index is 11.0. The third-order valence-electron chi connectivity index (χ3n) is 8.80. The lowest BCUT2D eigenvalue weighted by atomic mass is 10.0. The van der Waals surface area contributed by atoms with E-state index in [1.165, 1.54) is 103 Å². The summed E-state index contributed by atoms with van der Waals surface area (Å²) in [6.45, 7) is 5.72. The fraction of sp³-hybridized carbons (Fsp3) is 0.861. The highest BCUT2D eigenvalue weighted by molar-refractivity contribution is 5.66. The van der Waals surface area contributed by atoms with Gasteiger partial charge >= 0.3 is 11.9 Å². The molecule has 0 aromatic rings. The lowest BCUT2D eigenvalue weighted by Crippen LogP contribution is -2.51. The first-order valence-electron chi connectivity index (χ1n) is 17.9. The van der Waals surface area contributed by atoms with E-state index < -0.39 is 17.9 Å². The van der Waals surface area contributed by atoms with Crippen molar-refractivity contribution in [1.29, 1.82) is 0 Å². The van der Waals surface area contributed by atoms with Crippen LogP contribution in [0.5, 0.6) is 0 Å². The van der Waals surface area contributed by atoms with Gasteiger partial charge in [-0.2, -0.15) is 0 Å². The molecular weight excluding hydrogens is 542 g/mol. The van der Waals surface area contributed by atoms with E-state index in [2.05, 4.69) is 19.1 Å². The van der Waals surface area contributed by atoms with Crippen LogP contribution in [-0.2, 0) is 14.4 Å². The van der Waals surface area contributed by atoms with Gasteiger partial charge in [-0.15, -0.1) is 0 Å². The second-order valence-corrected chi connectivity index (χ2v) is 12.8. The molecule has 252 valence electrons. The average molecular weight is 610 g/mol. The quantitative estimate of drug-likeness (QED) is 0.0430. The zero-order valence-electron chi connectivity index (χ0n) is 27.8. The van der Waals surface area contributed by atoms with Crippen molar-refractivity contribution in [3.63, 3.8) is 0 Å². The van der Waals surface area contributed by atoms with E-state index in [1.54, 1.807) is 0 Å². The minimum absolute atomic E-state index is 0.0651. The number of rotatable bonds is 34. The molecule has 0 amide bonds. The normalized spacial score (nSPS) is 11.8. The smallest absolute Gasteiger partial charge is 0.303 e. The number of aliphatic carboxylic acids is 3. The van der Waals surface area contributed by atoms with E-state index in [0.717, 1.165) is 56.3 Å². The molecule has 0 aromatic carbocycles. The molecule has 0 spiro atoms. The number of carbonyl (C=O) groups is 3. The lowest BCUT2D eigenvalue weighted by Gasteiger charge is -2.39. The standard InChI is InChI=1S/C36H67NO6/c1-2-3-4-5-6-7-8-9-10-11-12-13-14-15-16-17-18-19-23-30-37(31-24-20-27-34(38)39,32-25-21-28-35(40)41)33-26-22-29-36(42)43/h2-3H,4-33H2,1H3,(H2-,38,39,40,41,42,43)/b3-2+. The Morgan fingerprint density at radius 3 is 1.12 bits per heavy atom. The van der Waals surface area contributed by atoms with Crippen LogP contribution in [0.1, 0.15) is 174 Å². The van der Waals surface area contributed by atoms with Gasteiger partial charge in [0.25, 0.3) is 0 Å². The summed E-state index contributed by atoms with van der Waals surface area (Å²) >= 11 is 0. The van der Waals surface area contributed by atoms with Gasteiger partial charge in [-0.05, 0) is 77.6 Å². The largest absolute Gasteiger partial charge is 0.550 e. The molecule has 43 heavy (non-hydrogen) atoms. The van der Waals surface area contributed by atoms with Crippen LogP contribution >= 0.6 is 0 Å². The number of hydrogen-bond donors (Lipinski definition) is 2. The van der Waals surface area contributed by atoms with Crippen molar-refractivity contribution in [2.24, 2.45) is 0 Å². The molecule has 7 heteroatoms. The molecular formula is C36H67NO6. The first-order valence-corrected chi connectivity index (χ1v) is 17.9.